The van der Waals surface area contributed by atoms with Gasteiger partial charge in [0.05, 0.1) is 23.0 Å². The lowest BCUT2D eigenvalue weighted by Crippen LogP contribution is -2.26. The van der Waals surface area contributed by atoms with E-state index in [0.717, 1.165) is 30.8 Å². The van der Waals surface area contributed by atoms with Gasteiger partial charge in [-0.25, -0.2) is 4.39 Å². The fourth-order valence-electron chi connectivity index (χ4n) is 2.52. The van der Waals surface area contributed by atoms with Gasteiger partial charge in [-0.15, -0.1) is 0 Å². The first-order valence-electron chi connectivity index (χ1n) is 7.34. The van der Waals surface area contributed by atoms with Crippen molar-refractivity contribution in [2.75, 3.05) is 6.54 Å². The van der Waals surface area contributed by atoms with E-state index in [-0.39, 0.29) is 11.9 Å². The van der Waals surface area contributed by atoms with Crippen LogP contribution in [0.3, 0.4) is 0 Å². The topological polar surface area (TPSA) is 29.9 Å². The molecular weight excluding hydrogens is 289 g/mol. The number of hydrogen-bond acceptors (Lipinski definition) is 2. The molecule has 21 heavy (non-hydrogen) atoms. The highest BCUT2D eigenvalue weighted by Crippen LogP contribution is 2.26. The zero-order chi connectivity index (χ0) is 15.2. The number of benzene rings is 1. The van der Waals surface area contributed by atoms with Gasteiger partial charge >= 0.3 is 0 Å². The lowest BCUT2D eigenvalue weighted by Gasteiger charge is -2.20. The third-order valence-electron chi connectivity index (χ3n) is 3.38. The molecule has 2 rings (SSSR count). The summed E-state index contributed by atoms with van der Waals surface area (Å²) in [6, 6.07) is 6.72. The van der Waals surface area contributed by atoms with Gasteiger partial charge in [0.25, 0.3) is 0 Å². The molecule has 114 valence electrons. The Balaban J connectivity index is 2.28. The minimum Gasteiger partial charge on any atom is -0.309 e. The Morgan fingerprint density at radius 1 is 1.38 bits per heavy atom. The summed E-state index contributed by atoms with van der Waals surface area (Å²) >= 11 is 6.31. The third-order valence-corrected chi connectivity index (χ3v) is 3.67. The summed E-state index contributed by atoms with van der Waals surface area (Å²) in [5.41, 5.74) is 1.92. The van der Waals surface area contributed by atoms with Crippen molar-refractivity contribution in [3.63, 3.8) is 0 Å². The summed E-state index contributed by atoms with van der Waals surface area (Å²) in [6.07, 6.45) is 3.35. The van der Waals surface area contributed by atoms with Gasteiger partial charge in [0.2, 0.25) is 0 Å². The zero-order valence-corrected chi connectivity index (χ0v) is 13.2. The SMILES string of the molecule is CCCn1ncc(Cl)c1C(Cc1cccc(F)c1)NCC. The Labute approximate surface area is 130 Å². The third kappa shape index (κ3) is 4.05. The van der Waals surface area contributed by atoms with Crippen LogP contribution < -0.4 is 5.32 Å². The summed E-state index contributed by atoms with van der Waals surface area (Å²) in [7, 11) is 0. The highest BCUT2D eigenvalue weighted by atomic mass is 35.5. The second kappa shape index (κ2) is 7.57. The van der Waals surface area contributed by atoms with Crippen molar-refractivity contribution in [3.05, 3.63) is 52.6 Å². The van der Waals surface area contributed by atoms with Crippen LogP contribution in [-0.2, 0) is 13.0 Å². The largest absolute Gasteiger partial charge is 0.309 e. The molecule has 1 atom stereocenters. The van der Waals surface area contributed by atoms with E-state index in [1.54, 1.807) is 18.3 Å². The first-order valence-corrected chi connectivity index (χ1v) is 7.72. The fraction of sp³-hybridized carbons (Fsp3) is 0.438. The van der Waals surface area contributed by atoms with Crippen LogP contribution in [0.1, 0.15) is 37.6 Å². The molecule has 0 saturated carbocycles. The number of likely N-dealkylation sites (N-methyl/N-ethyl adjacent to an activating group) is 1. The number of rotatable bonds is 7. The fourth-order valence-corrected chi connectivity index (χ4v) is 2.79. The number of hydrogen-bond donors (Lipinski definition) is 1. The van der Waals surface area contributed by atoms with E-state index in [0.29, 0.717) is 11.4 Å². The molecule has 0 fully saturated rings. The summed E-state index contributed by atoms with van der Waals surface area (Å²) in [4.78, 5) is 0. The van der Waals surface area contributed by atoms with Gasteiger partial charge in [-0.1, -0.05) is 37.6 Å². The molecule has 0 radical (unpaired) electrons. The lowest BCUT2D eigenvalue weighted by molar-refractivity contribution is 0.477. The van der Waals surface area contributed by atoms with Gasteiger partial charge in [0.15, 0.2) is 0 Å². The minimum atomic E-state index is -0.212. The van der Waals surface area contributed by atoms with Gasteiger partial charge in [-0.2, -0.15) is 5.10 Å². The van der Waals surface area contributed by atoms with Crippen LogP contribution in [0.2, 0.25) is 5.02 Å². The van der Waals surface area contributed by atoms with Crippen LogP contribution in [0.5, 0.6) is 0 Å². The molecule has 1 N–H and O–H groups in total. The lowest BCUT2D eigenvalue weighted by atomic mass is 10.0. The average Bonchev–Trinajstić information content (AvgIpc) is 2.80. The van der Waals surface area contributed by atoms with E-state index in [9.17, 15) is 4.39 Å². The maximum atomic E-state index is 13.4. The summed E-state index contributed by atoms with van der Waals surface area (Å²) in [5, 5.41) is 8.42. The predicted molar refractivity (Wildman–Crippen MR) is 84.0 cm³/mol. The van der Waals surface area contributed by atoms with Crippen LogP contribution in [0.4, 0.5) is 4.39 Å². The van der Waals surface area contributed by atoms with E-state index >= 15 is 0 Å². The van der Waals surface area contributed by atoms with Gasteiger partial charge in [-0.05, 0) is 37.1 Å². The van der Waals surface area contributed by atoms with Crippen molar-refractivity contribution in [1.82, 2.24) is 15.1 Å². The molecule has 1 aromatic carbocycles. The molecule has 0 saturated heterocycles. The van der Waals surface area contributed by atoms with Crippen molar-refractivity contribution in [3.8, 4) is 0 Å². The van der Waals surface area contributed by atoms with E-state index in [1.807, 2.05) is 17.7 Å². The Hall–Kier alpha value is -1.39. The number of nitrogens with zero attached hydrogens (tertiary/aromatic N) is 2. The van der Waals surface area contributed by atoms with Crippen molar-refractivity contribution < 1.29 is 4.39 Å². The molecule has 0 aliphatic rings. The van der Waals surface area contributed by atoms with E-state index in [2.05, 4.69) is 17.3 Å². The quantitative estimate of drug-likeness (QED) is 0.838. The van der Waals surface area contributed by atoms with Crippen molar-refractivity contribution in [1.29, 1.82) is 0 Å². The second-order valence-electron chi connectivity index (χ2n) is 5.05. The first-order chi connectivity index (χ1) is 10.2. The maximum absolute atomic E-state index is 13.4. The summed E-state index contributed by atoms with van der Waals surface area (Å²) in [6.45, 7) is 5.79. The standard InChI is InChI=1S/C16H21ClFN3/c1-3-8-21-16(14(17)11-20-21)15(19-4-2)10-12-6-5-7-13(18)9-12/h5-7,9,11,15,19H,3-4,8,10H2,1-2H3. The van der Waals surface area contributed by atoms with E-state index in [4.69, 9.17) is 11.6 Å². The average molecular weight is 310 g/mol. The number of nitrogens with one attached hydrogen (secondary N) is 1. The zero-order valence-electron chi connectivity index (χ0n) is 12.4. The van der Waals surface area contributed by atoms with Crippen LogP contribution >= 0.6 is 11.6 Å². The highest BCUT2D eigenvalue weighted by molar-refractivity contribution is 6.31. The summed E-state index contributed by atoms with van der Waals surface area (Å²) in [5.74, 6) is -0.212. The molecule has 0 aliphatic heterocycles. The van der Waals surface area contributed by atoms with Crippen molar-refractivity contribution in [2.24, 2.45) is 0 Å². The molecule has 5 heteroatoms. The number of halogens is 2. The molecule has 1 heterocycles. The van der Waals surface area contributed by atoms with Gasteiger partial charge < -0.3 is 5.32 Å². The summed E-state index contributed by atoms with van der Waals surface area (Å²) < 4.78 is 15.3. The highest BCUT2D eigenvalue weighted by Gasteiger charge is 2.20. The Morgan fingerprint density at radius 3 is 2.86 bits per heavy atom. The molecule has 0 spiro atoms. The number of aryl methyl sites for hydroxylation is 1. The maximum Gasteiger partial charge on any atom is 0.123 e. The smallest absolute Gasteiger partial charge is 0.123 e. The number of aromatic nitrogens is 2. The van der Waals surface area contributed by atoms with Gasteiger partial charge in [-0.3, -0.25) is 4.68 Å². The second-order valence-corrected chi connectivity index (χ2v) is 5.45. The normalized spacial score (nSPS) is 12.6. The van der Waals surface area contributed by atoms with Gasteiger partial charge in [0.1, 0.15) is 5.82 Å². The monoisotopic (exact) mass is 309 g/mol. The molecular formula is C16H21ClFN3. The Morgan fingerprint density at radius 2 is 2.19 bits per heavy atom. The minimum absolute atomic E-state index is 0.0262. The van der Waals surface area contributed by atoms with E-state index in [1.165, 1.54) is 6.07 Å². The molecule has 2 aromatic rings. The van der Waals surface area contributed by atoms with E-state index < -0.39 is 0 Å². The van der Waals surface area contributed by atoms with Crippen LogP contribution in [0, 0.1) is 5.82 Å². The molecule has 0 amide bonds. The van der Waals surface area contributed by atoms with Crippen LogP contribution in [0.25, 0.3) is 0 Å². The molecule has 0 aliphatic carbocycles. The predicted octanol–water partition coefficient (Wildman–Crippen LogP) is 3.98. The molecule has 0 bridgehead atoms. The Bertz CT molecular complexity index is 583. The molecule has 3 nitrogen and oxygen atoms in total. The van der Waals surface area contributed by atoms with Crippen molar-refractivity contribution >= 4 is 11.6 Å². The molecule has 1 unspecified atom stereocenters. The molecule has 1 aromatic heterocycles. The Kier molecular flexibility index (Phi) is 5.76. The van der Waals surface area contributed by atoms with Crippen LogP contribution in [0.15, 0.2) is 30.5 Å². The van der Waals surface area contributed by atoms with Gasteiger partial charge in [0, 0.05) is 6.54 Å². The van der Waals surface area contributed by atoms with Crippen LogP contribution in [-0.4, -0.2) is 16.3 Å². The first kappa shape index (κ1) is 16.0. The van der Waals surface area contributed by atoms with Crippen molar-refractivity contribution in [2.45, 2.75) is 39.3 Å².